The topological polar surface area (TPSA) is 58.6 Å². The molecule has 4 nitrogen and oxygen atoms in total. The van der Waals surface area contributed by atoms with Crippen LogP contribution in [0.25, 0.3) is 5.70 Å². The van der Waals surface area contributed by atoms with Gasteiger partial charge in [-0.2, -0.15) is 0 Å². The van der Waals surface area contributed by atoms with Crippen molar-refractivity contribution in [1.29, 1.82) is 0 Å². The highest BCUT2D eigenvalue weighted by Gasteiger charge is 2.25. The standard InChI is InChI=1S/C10H7ClFNO3/c11-6-3-1-2-5(9(6)12)7-4-8(10(14)15)16-13-7/h1-4,8,13H,(H,14,15). The van der Waals surface area contributed by atoms with Gasteiger partial charge < -0.3 is 5.11 Å². The number of carboxylic acids is 1. The third-order valence-electron chi connectivity index (χ3n) is 2.10. The van der Waals surface area contributed by atoms with Crippen LogP contribution in [0.15, 0.2) is 24.3 Å². The number of carboxylic acid groups (broad SMARTS) is 1. The highest BCUT2D eigenvalue weighted by molar-refractivity contribution is 6.30. The zero-order chi connectivity index (χ0) is 11.7. The first-order valence-corrected chi connectivity index (χ1v) is 4.78. The van der Waals surface area contributed by atoms with Crippen LogP contribution in [0.3, 0.4) is 0 Å². The number of hydroxylamine groups is 1. The van der Waals surface area contributed by atoms with Crippen molar-refractivity contribution in [1.82, 2.24) is 5.48 Å². The summed E-state index contributed by atoms with van der Waals surface area (Å²) in [5, 5.41) is 8.64. The number of halogens is 2. The quantitative estimate of drug-likeness (QED) is 0.832. The van der Waals surface area contributed by atoms with Crippen molar-refractivity contribution in [2.75, 3.05) is 0 Å². The molecule has 1 unspecified atom stereocenters. The molecule has 0 saturated carbocycles. The molecule has 1 aliphatic rings. The minimum Gasteiger partial charge on any atom is -0.479 e. The van der Waals surface area contributed by atoms with Crippen LogP contribution in [0.4, 0.5) is 4.39 Å². The van der Waals surface area contributed by atoms with Gasteiger partial charge in [0, 0.05) is 5.56 Å². The average Bonchev–Trinajstić information content (AvgIpc) is 2.71. The molecule has 0 amide bonds. The molecule has 1 aromatic carbocycles. The second kappa shape index (κ2) is 4.11. The van der Waals surface area contributed by atoms with Crippen molar-refractivity contribution in [2.45, 2.75) is 6.10 Å². The van der Waals surface area contributed by atoms with Gasteiger partial charge in [0.1, 0.15) is 0 Å². The van der Waals surface area contributed by atoms with Gasteiger partial charge in [0.05, 0.1) is 10.7 Å². The first-order valence-electron chi connectivity index (χ1n) is 4.40. The summed E-state index contributed by atoms with van der Waals surface area (Å²) in [5.41, 5.74) is 2.79. The number of benzene rings is 1. The van der Waals surface area contributed by atoms with Crippen molar-refractivity contribution < 1.29 is 19.1 Å². The van der Waals surface area contributed by atoms with Crippen LogP contribution in [-0.4, -0.2) is 17.2 Å². The van der Waals surface area contributed by atoms with E-state index in [1.807, 2.05) is 0 Å². The smallest absolute Gasteiger partial charge is 0.339 e. The molecule has 84 valence electrons. The zero-order valence-corrected chi connectivity index (χ0v) is 8.66. The van der Waals surface area contributed by atoms with Gasteiger partial charge in [-0.05, 0) is 18.2 Å². The highest BCUT2D eigenvalue weighted by Crippen LogP contribution is 2.25. The summed E-state index contributed by atoms with van der Waals surface area (Å²) in [6.45, 7) is 0. The van der Waals surface area contributed by atoms with Crippen molar-refractivity contribution in [3.05, 3.63) is 40.7 Å². The molecule has 1 aliphatic heterocycles. The summed E-state index contributed by atoms with van der Waals surface area (Å²) in [6.07, 6.45) is 0.158. The van der Waals surface area contributed by atoms with Crippen molar-refractivity contribution >= 4 is 23.3 Å². The Kier molecular flexibility index (Phi) is 2.80. The Labute approximate surface area is 95.2 Å². The Hall–Kier alpha value is -1.59. The normalized spacial score (nSPS) is 19.1. The Bertz CT molecular complexity index is 475. The molecule has 16 heavy (non-hydrogen) atoms. The van der Waals surface area contributed by atoms with Crippen molar-refractivity contribution in [3.63, 3.8) is 0 Å². The van der Waals surface area contributed by atoms with Crippen LogP contribution < -0.4 is 5.48 Å². The minimum atomic E-state index is -1.15. The highest BCUT2D eigenvalue weighted by atomic mass is 35.5. The summed E-state index contributed by atoms with van der Waals surface area (Å²) in [7, 11) is 0. The third kappa shape index (κ3) is 1.87. The molecule has 0 spiro atoms. The van der Waals surface area contributed by atoms with Gasteiger partial charge in [-0.25, -0.2) is 9.18 Å². The molecule has 0 aromatic heterocycles. The number of aliphatic carboxylic acids is 1. The average molecular weight is 244 g/mol. The summed E-state index contributed by atoms with van der Waals surface area (Å²) >= 11 is 5.60. The predicted molar refractivity (Wildman–Crippen MR) is 55.0 cm³/mol. The fourth-order valence-corrected chi connectivity index (χ4v) is 1.50. The molecule has 0 saturated heterocycles. The summed E-state index contributed by atoms with van der Waals surface area (Å²) in [4.78, 5) is 15.3. The van der Waals surface area contributed by atoms with Gasteiger partial charge in [-0.15, -0.1) is 0 Å². The van der Waals surface area contributed by atoms with E-state index in [9.17, 15) is 9.18 Å². The van der Waals surface area contributed by atoms with Crippen LogP contribution in [0.1, 0.15) is 5.56 Å². The van der Waals surface area contributed by atoms with E-state index in [1.54, 1.807) is 6.07 Å². The molecule has 0 aliphatic carbocycles. The van der Waals surface area contributed by atoms with Gasteiger partial charge in [0.15, 0.2) is 5.82 Å². The van der Waals surface area contributed by atoms with E-state index in [1.165, 1.54) is 18.2 Å². The molecule has 0 bridgehead atoms. The first kappa shape index (κ1) is 10.9. The minimum absolute atomic E-state index is 0.0287. The van der Waals surface area contributed by atoms with Crippen LogP contribution >= 0.6 is 11.6 Å². The summed E-state index contributed by atoms with van der Waals surface area (Å²) in [6, 6.07) is 4.45. The molecule has 0 fully saturated rings. The lowest BCUT2D eigenvalue weighted by Crippen LogP contribution is -2.21. The van der Waals surface area contributed by atoms with Gasteiger partial charge in [0.2, 0.25) is 6.10 Å². The van der Waals surface area contributed by atoms with Crippen LogP contribution in [0, 0.1) is 5.82 Å². The molecular weight excluding hydrogens is 237 g/mol. The maximum absolute atomic E-state index is 13.6. The predicted octanol–water partition coefficient (Wildman–Crippen LogP) is 1.81. The fourth-order valence-electron chi connectivity index (χ4n) is 1.32. The molecule has 2 N–H and O–H groups in total. The van der Waals surface area contributed by atoms with Gasteiger partial charge >= 0.3 is 5.97 Å². The lowest BCUT2D eigenvalue weighted by Gasteiger charge is -2.05. The van der Waals surface area contributed by atoms with Crippen molar-refractivity contribution in [2.24, 2.45) is 0 Å². The van der Waals surface area contributed by atoms with E-state index in [-0.39, 0.29) is 16.3 Å². The maximum Gasteiger partial charge on any atom is 0.339 e. The molecule has 1 heterocycles. The van der Waals surface area contributed by atoms with Crippen LogP contribution in [0.2, 0.25) is 5.02 Å². The Balaban J connectivity index is 2.36. The number of nitrogens with one attached hydrogen (secondary N) is 1. The summed E-state index contributed by atoms with van der Waals surface area (Å²) in [5.74, 6) is -1.76. The number of carbonyl (C=O) groups is 1. The third-order valence-corrected chi connectivity index (χ3v) is 2.39. The first-order chi connectivity index (χ1) is 7.59. The lowest BCUT2D eigenvalue weighted by atomic mass is 10.1. The number of hydrogen-bond donors (Lipinski definition) is 2. The van der Waals surface area contributed by atoms with Crippen LogP contribution in [0.5, 0.6) is 0 Å². The van der Waals surface area contributed by atoms with Crippen LogP contribution in [-0.2, 0) is 9.63 Å². The number of rotatable bonds is 2. The summed E-state index contributed by atoms with van der Waals surface area (Å²) < 4.78 is 13.6. The van der Waals surface area contributed by atoms with Gasteiger partial charge in [-0.3, -0.25) is 10.3 Å². The Morgan fingerprint density at radius 2 is 2.31 bits per heavy atom. The Morgan fingerprint density at radius 1 is 1.56 bits per heavy atom. The van der Waals surface area contributed by atoms with Crippen molar-refractivity contribution in [3.8, 4) is 0 Å². The molecule has 1 atom stereocenters. The van der Waals surface area contributed by atoms with E-state index in [0.29, 0.717) is 0 Å². The lowest BCUT2D eigenvalue weighted by molar-refractivity contribution is -0.148. The molecule has 2 rings (SSSR count). The van der Waals surface area contributed by atoms with E-state index in [4.69, 9.17) is 21.5 Å². The van der Waals surface area contributed by atoms with E-state index in [2.05, 4.69) is 5.48 Å². The Morgan fingerprint density at radius 3 is 2.94 bits per heavy atom. The second-order valence-corrected chi connectivity index (χ2v) is 3.57. The van der Waals surface area contributed by atoms with E-state index < -0.39 is 17.9 Å². The number of hydrogen-bond acceptors (Lipinski definition) is 3. The molecule has 0 radical (unpaired) electrons. The largest absolute Gasteiger partial charge is 0.479 e. The monoisotopic (exact) mass is 243 g/mol. The second-order valence-electron chi connectivity index (χ2n) is 3.16. The maximum atomic E-state index is 13.6. The van der Waals surface area contributed by atoms with Gasteiger partial charge in [0.25, 0.3) is 0 Å². The molecular formula is C10H7ClFNO3. The fraction of sp³-hybridized carbons (Fsp3) is 0.100. The molecule has 6 heteroatoms. The zero-order valence-electron chi connectivity index (χ0n) is 7.91. The van der Waals surface area contributed by atoms with E-state index in [0.717, 1.165) is 0 Å². The van der Waals surface area contributed by atoms with E-state index >= 15 is 0 Å². The van der Waals surface area contributed by atoms with Gasteiger partial charge in [-0.1, -0.05) is 17.7 Å². The molecule has 1 aromatic rings. The SMILES string of the molecule is O=C(O)C1C=C(c2cccc(Cl)c2F)NO1.